The van der Waals surface area contributed by atoms with E-state index >= 15 is 0 Å². The van der Waals surface area contributed by atoms with Crippen molar-refractivity contribution in [2.75, 3.05) is 18.5 Å². The lowest BCUT2D eigenvalue weighted by Gasteiger charge is -2.22. The Balaban J connectivity index is 1.51. The van der Waals surface area contributed by atoms with Crippen molar-refractivity contribution in [1.29, 1.82) is 0 Å². The normalized spacial score (nSPS) is 18.0. The highest BCUT2D eigenvalue weighted by Crippen LogP contribution is 2.31. The van der Waals surface area contributed by atoms with Gasteiger partial charge in [-0.05, 0) is 47.7 Å². The molecule has 32 heavy (non-hydrogen) atoms. The van der Waals surface area contributed by atoms with Crippen LogP contribution in [-0.4, -0.2) is 41.9 Å². The average molecular weight is 452 g/mol. The molecule has 1 aliphatic rings. The molecular formula is C23H21N3O5S. The van der Waals surface area contributed by atoms with Gasteiger partial charge in [0, 0.05) is 0 Å². The Morgan fingerprint density at radius 1 is 1.12 bits per heavy atom. The van der Waals surface area contributed by atoms with Gasteiger partial charge in [0.1, 0.15) is 17.1 Å². The van der Waals surface area contributed by atoms with Gasteiger partial charge in [-0.1, -0.05) is 36.4 Å². The lowest BCUT2D eigenvalue weighted by molar-refractivity contribution is -0.133. The molecule has 1 aliphatic heterocycles. The van der Waals surface area contributed by atoms with Crippen LogP contribution in [0.25, 0.3) is 10.8 Å². The van der Waals surface area contributed by atoms with Crippen LogP contribution in [0.2, 0.25) is 0 Å². The van der Waals surface area contributed by atoms with E-state index in [1.807, 2.05) is 36.4 Å². The fourth-order valence-corrected chi connectivity index (χ4v) is 4.41. The third-order valence-corrected chi connectivity index (χ3v) is 6.15. The van der Waals surface area contributed by atoms with Crippen molar-refractivity contribution in [3.8, 4) is 0 Å². The number of imide groups is 1. The number of amides is 4. The van der Waals surface area contributed by atoms with Crippen LogP contribution in [0.4, 0.5) is 9.80 Å². The molecule has 3 aromatic rings. The Morgan fingerprint density at radius 3 is 2.62 bits per heavy atom. The van der Waals surface area contributed by atoms with Crippen LogP contribution in [-0.2, 0) is 19.9 Å². The molecule has 164 valence electrons. The predicted molar refractivity (Wildman–Crippen MR) is 120 cm³/mol. The molecule has 4 rings (SSSR count). The van der Waals surface area contributed by atoms with Gasteiger partial charge in [-0.15, -0.1) is 11.3 Å². The van der Waals surface area contributed by atoms with Crippen LogP contribution in [0.5, 0.6) is 0 Å². The first-order valence-corrected chi connectivity index (χ1v) is 10.9. The number of anilines is 1. The van der Waals surface area contributed by atoms with E-state index in [4.69, 9.17) is 4.74 Å². The molecule has 0 aliphatic carbocycles. The quantitative estimate of drug-likeness (QED) is 0.441. The lowest BCUT2D eigenvalue weighted by Crippen LogP contribution is -2.42. The van der Waals surface area contributed by atoms with Crippen LogP contribution in [0.15, 0.2) is 53.9 Å². The van der Waals surface area contributed by atoms with Crippen molar-refractivity contribution in [1.82, 2.24) is 10.2 Å². The first-order chi connectivity index (χ1) is 15.3. The van der Waals surface area contributed by atoms with Gasteiger partial charge in [0.2, 0.25) is 5.91 Å². The molecule has 0 spiro atoms. The highest BCUT2D eigenvalue weighted by molar-refractivity contribution is 7.14. The number of hydrogen-bond donors (Lipinski definition) is 2. The van der Waals surface area contributed by atoms with E-state index < -0.39 is 35.9 Å². The number of urea groups is 1. The average Bonchev–Trinajstić information content (AvgIpc) is 3.32. The number of nitrogens with zero attached hydrogens (tertiary/aromatic N) is 1. The van der Waals surface area contributed by atoms with Gasteiger partial charge in [0.25, 0.3) is 5.91 Å². The van der Waals surface area contributed by atoms with Crippen LogP contribution < -0.4 is 10.6 Å². The molecule has 1 aromatic heterocycles. The number of carbonyl (C=O) groups is 4. The molecule has 0 bridgehead atoms. The summed E-state index contributed by atoms with van der Waals surface area (Å²) in [6.07, 6.45) is 0. The van der Waals surface area contributed by atoms with Gasteiger partial charge in [0.15, 0.2) is 0 Å². The number of hydrogen-bond acceptors (Lipinski definition) is 6. The number of ether oxygens (including phenoxy) is 1. The van der Waals surface area contributed by atoms with E-state index in [0.717, 1.165) is 27.0 Å². The number of esters is 1. The minimum Gasteiger partial charge on any atom is -0.462 e. The second-order valence-electron chi connectivity index (χ2n) is 7.44. The maximum Gasteiger partial charge on any atom is 0.341 e. The summed E-state index contributed by atoms with van der Waals surface area (Å²) in [5.74, 6) is -1.67. The van der Waals surface area contributed by atoms with Crippen molar-refractivity contribution in [3.63, 3.8) is 0 Å². The van der Waals surface area contributed by atoms with E-state index in [1.54, 1.807) is 31.4 Å². The zero-order valence-corrected chi connectivity index (χ0v) is 18.3. The Labute approximate surface area is 188 Å². The molecule has 0 radical (unpaired) electrons. The number of thiophene rings is 1. The third-order valence-electron chi connectivity index (χ3n) is 5.32. The standard InChI is InChI=1S/C23H21N3O5S/c1-3-31-20(28)17-10-11-32-19(17)24-18(27)13-26-21(29)23(2,25-22(26)30)16-9-8-14-6-4-5-7-15(14)12-16/h4-12H,3,13H2,1-2H3,(H,24,27)(H,25,30)/t23-/m0/s1. The maximum absolute atomic E-state index is 13.2. The highest BCUT2D eigenvalue weighted by Gasteiger charge is 2.49. The third kappa shape index (κ3) is 3.82. The van der Waals surface area contributed by atoms with Crippen molar-refractivity contribution in [2.45, 2.75) is 19.4 Å². The Kier molecular flexibility index (Phi) is 5.67. The van der Waals surface area contributed by atoms with E-state index in [9.17, 15) is 19.2 Å². The van der Waals surface area contributed by atoms with Gasteiger partial charge in [-0.25, -0.2) is 9.59 Å². The number of fused-ring (bicyclic) bond motifs is 1. The number of benzene rings is 2. The van der Waals surface area contributed by atoms with Crippen LogP contribution in [0.3, 0.4) is 0 Å². The number of carbonyl (C=O) groups excluding carboxylic acids is 4. The van der Waals surface area contributed by atoms with Gasteiger partial charge in [0.05, 0.1) is 12.2 Å². The summed E-state index contributed by atoms with van der Waals surface area (Å²) in [4.78, 5) is 51.2. The monoisotopic (exact) mass is 451 g/mol. The summed E-state index contributed by atoms with van der Waals surface area (Å²) in [6.45, 7) is 3.03. The van der Waals surface area contributed by atoms with E-state index in [2.05, 4.69) is 10.6 Å². The van der Waals surface area contributed by atoms with Crippen LogP contribution in [0.1, 0.15) is 29.8 Å². The minimum absolute atomic E-state index is 0.206. The summed E-state index contributed by atoms with van der Waals surface area (Å²) in [5, 5.41) is 9.20. The molecule has 2 N–H and O–H groups in total. The largest absolute Gasteiger partial charge is 0.462 e. The van der Waals surface area contributed by atoms with E-state index in [1.165, 1.54) is 0 Å². The molecule has 1 saturated heterocycles. The molecule has 2 aromatic carbocycles. The van der Waals surface area contributed by atoms with Crippen LogP contribution >= 0.6 is 11.3 Å². The molecule has 8 nitrogen and oxygen atoms in total. The Hall–Kier alpha value is -3.72. The van der Waals surface area contributed by atoms with Gasteiger partial charge in [-0.2, -0.15) is 0 Å². The molecule has 0 unspecified atom stereocenters. The number of rotatable bonds is 6. The molecule has 1 fully saturated rings. The second-order valence-corrected chi connectivity index (χ2v) is 8.36. The van der Waals surface area contributed by atoms with Crippen molar-refractivity contribution in [3.05, 3.63) is 65.0 Å². The van der Waals surface area contributed by atoms with Crippen molar-refractivity contribution >= 4 is 50.9 Å². The topological polar surface area (TPSA) is 105 Å². The van der Waals surface area contributed by atoms with Crippen molar-refractivity contribution in [2.24, 2.45) is 0 Å². The zero-order valence-electron chi connectivity index (χ0n) is 17.5. The first-order valence-electron chi connectivity index (χ1n) is 10.0. The zero-order chi connectivity index (χ0) is 22.9. The van der Waals surface area contributed by atoms with Gasteiger partial charge in [-0.3, -0.25) is 14.5 Å². The smallest absolute Gasteiger partial charge is 0.341 e. The second kappa shape index (κ2) is 8.43. The van der Waals surface area contributed by atoms with Gasteiger partial charge >= 0.3 is 12.0 Å². The summed E-state index contributed by atoms with van der Waals surface area (Å²) >= 11 is 1.15. The molecular weight excluding hydrogens is 430 g/mol. The van der Waals surface area contributed by atoms with E-state index in [0.29, 0.717) is 10.6 Å². The Bertz CT molecular complexity index is 1240. The fraction of sp³-hybridized carbons (Fsp3) is 0.217. The van der Waals surface area contributed by atoms with E-state index in [-0.39, 0.29) is 12.2 Å². The molecule has 4 amide bonds. The summed E-state index contributed by atoms with van der Waals surface area (Å²) in [5.41, 5.74) is -0.441. The maximum atomic E-state index is 13.2. The first kappa shape index (κ1) is 21.5. The van der Waals surface area contributed by atoms with Gasteiger partial charge < -0.3 is 15.4 Å². The molecule has 9 heteroatoms. The Morgan fingerprint density at radius 2 is 1.88 bits per heavy atom. The summed E-state index contributed by atoms with van der Waals surface area (Å²) < 4.78 is 4.97. The van der Waals surface area contributed by atoms with Crippen LogP contribution in [0, 0.1) is 0 Å². The number of nitrogens with one attached hydrogen (secondary N) is 2. The summed E-state index contributed by atoms with van der Waals surface area (Å²) in [6, 6.07) is 14.1. The highest BCUT2D eigenvalue weighted by atomic mass is 32.1. The predicted octanol–water partition coefficient (Wildman–Crippen LogP) is 3.48. The molecule has 0 saturated carbocycles. The summed E-state index contributed by atoms with van der Waals surface area (Å²) in [7, 11) is 0. The molecule has 2 heterocycles. The molecule has 1 atom stereocenters. The SMILES string of the molecule is CCOC(=O)c1ccsc1NC(=O)CN1C(=O)N[C@@](C)(c2ccc3ccccc3c2)C1=O. The fourth-order valence-electron chi connectivity index (χ4n) is 3.62. The lowest BCUT2D eigenvalue weighted by atomic mass is 9.90. The minimum atomic E-state index is -1.29. The van der Waals surface area contributed by atoms with Crippen molar-refractivity contribution < 1.29 is 23.9 Å².